The molecule has 0 unspecified atom stereocenters. The molecule has 0 saturated heterocycles. The maximum Gasteiger partial charge on any atom is 0.339 e. The Bertz CT molecular complexity index is 669. The summed E-state index contributed by atoms with van der Waals surface area (Å²) in [6, 6.07) is 4.01. The fraction of sp³-hybridized carbons (Fsp3) is 0.500. The molecule has 1 aliphatic rings. The van der Waals surface area contributed by atoms with Crippen LogP contribution in [-0.4, -0.2) is 33.6 Å². The van der Waals surface area contributed by atoms with Gasteiger partial charge in [-0.15, -0.1) is 0 Å². The summed E-state index contributed by atoms with van der Waals surface area (Å²) >= 11 is 5.85. The van der Waals surface area contributed by atoms with Crippen molar-refractivity contribution >= 4 is 27.6 Å². The zero-order chi connectivity index (χ0) is 16.4. The Morgan fingerprint density at radius 2 is 2.05 bits per heavy atom. The molecule has 0 heterocycles. The van der Waals surface area contributed by atoms with Gasteiger partial charge >= 0.3 is 5.97 Å². The molecule has 0 aliphatic heterocycles. The third-order valence-corrected chi connectivity index (χ3v) is 5.81. The Kier molecular flexibility index (Phi) is 5.11. The predicted octanol–water partition coefficient (Wildman–Crippen LogP) is 1.68. The van der Waals surface area contributed by atoms with E-state index in [0.29, 0.717) is 12.8 Å². The molecule has 2 rings (SSSR count). The van der Waals surface area contributed by atoms with Gasteiger partial charge in [0.05, 0.1) is 17.6 Å². The molecule has 22 heavy (non-hydrogen) atoms. The van der Waals surface area contributed by atoms with E-state index in [2.05, 4.69) is 9.46 Å². The summed E-state index contributed by atoms with van der Waals surface area (Å²) in [6.07, 6.45) is 3.21. The minimum Gasteiger partial charge on any atom is -0.465 e. The molecule has 8 heteroatoms. The number of carbonyl (C=O) groups is 1. The van der Waals surface area contributed by atoms with Crippen molar-refractivity contribution in [2.24, 2.45) is 5.73 Å². The van der Waals surface area contributed by atoms with E-state index in [-0.39, 0.29) is 22.0 Å². The lowest BCUT2D eigenvalue weighted by atomic mass is 10.0. The molecule has 0 spiro atoms. The van der Waals surface area contributed by atoms with Crippen LogP contribution in [0.15, 0.2) is 23.1 Å². The molecule has 1 aromatic carbocycles. The SMILES string of the molecule is COC(=O)c1cc(Cl)ccc1S(=O)(=O)NC1(CN)CCCC1. The second kappa shape index (κ2) is 6.54. The number of benzene rings is 1. The number of halogens is 1. The van der Waals surface area contributed by atoms with Crippen LogP contribution in [0.1, 0.15) is 36.0 Å². The molecule has 0 radical (unpaired) electrons. The lowest BCUT2D eigenvalue weighted by Crippen LogP contribution is -2.51. The van der Waals surface area contributed by atoms with Gasteiger partial charge < -0.3 is 10.5 Å². The van der Waals surface area contributed by atoms with E-state index in [4.69, 9.17) is 17.3 Å². The van der Waals surface area contributed by atoms with Gasteiger partial charge in [0.15, 0.2) is 0 Å². The smallest absolute Gasteiger partial charge is 0.339 e. The molecule has 0 amide bonds. The van der Waals surface area contributed by atoms with Crippen molar-refractivity contribution in [3.05, 3.63) is 28.8 Å². The Morgan fingerprint density at radius 3 is 2.59 bits per heavy atom. The van der Waals surface area contributed by atoms with Crippen LogP contribution < -0.4 is 10.5 Å². The quantitative estimate of drug-likeness (QED) is 0.790. The number of nitrogens with two attached hydrogens (primary N) is 1. The third-order valence-electron chi connectivity index (χ3n) is 3.94. The van der Waals surface area contributed by atoms with Gasteiger partial charge in [-0.2, -0.15) is 0 Å². The Labute approximate surface area is 135 Å². The normalized spacial score (nSPS) is 17.4. The van der Waals surface area contributed by atoms with E-state index in [9.17, 15) is 13.2 Å². The highest BCUT2D eigenvalue weighted by Crippen LogP contribution is 2.31. The van der Waals surface area contributed by atoms with Crippen LogP contribution in [0.5, 0.6) is 0 Å². The molecule has 0 atom stereocenters. The average molecular weight is 347 g/mol. The van der Waals surface area contributed by atoms with Crippen LogP contribution in [0.4, 0.5) is 0 Å². The van der Waals surface area contributed by atoms with Gasteiger partial charge in [0.2, 0.25) is 10.0 Å². The molecule has 0 aromatic heterocycles. The van der Waals surface area contributed by atoms with E-state index in [1.807, 2.05) is 0 Å². The monoisotopic (exact) mass is 346 g/mol. The summed E-state index contributed by atoms with van der Waals surface area (Å²) < 4.78 is 32.7. The van der Waals surface area contributed by atoms with Gasteiger partial charge in [-0.05, 0) is 31.0 Å². The number of esters is 1. The zero-order valence-electron chi connectivity index (χ0n) is 12.3. The lowest BCUT2D eigenvalue weighted by Gasteiger charge is -2.28. The fourth-order valence-corrected chi connectivity index (χ4v) is 4.56. The average Bonchev–Trinajstić information content (AvgIpc) is 2.94. The highest BCUT2D eigenvalue weighted by molar-refractivity contribution is 7.89. The Morgan fingerprint density at radius 1 is 1.41 bits per heavy atom. The van der Waals surface area contributed by atoms with Crippen LogP contribution in [0.2, 0.25) is 5.02 Å². The van der Waals surface area contributed by atoms with Gasteiger partial charge in [0.1, 0.15) is 0 Å². The van der Waals surface area contributed by atoms with Crippen molar-refractivity contribution < 1.29 is 17.9 Å². The number of carbonyl (C=O) groups excluding carboxylic acids is 1. The highest BCUT2D eigenvalue weighted by Gasteiger charge is 2.38. The maximum atomic E-state index is 12.7. The number of nitrogens with one attached hydrogen (secondary N) is 1. The summed E-state index contributed by atoms with van der Waals surface area (Å²) in [7, 11) is -2.72. The standard InChI is InChI=1S/C14H19ClN2O4S/c1-21-13(18)11-8-10(15)4-5-12(11)22(19,20)17-14(9-16)6-2-3-7-14/h4-5,8,17H,2-3,6-7,9,16H2,1H3. The largest absolute Gasteiger partial charge is 0.465 e. The van der Waals surface area contributed by atoms with Crippen LogP contribution in [-0.2, 0) is 14.8 Å². The highest BCUT2D eigenvalue weighted by atomic mass is 35.5. The molecular formula is C14H19ClN2O4S. The van der Waals surface area contributed by atoms with Crippen molar-refractivity contribution in [1.29, 1.82) is 0 Å². The third kappa shape index (κ3) is 3.43. The molecule has 1 aliphatic carbocycles. The summed E-state index contributed by atoms with van der Waals surface area (Å²) in [5.41, 5.74) is 5.03. The molecule has 1 saturated carbocycles. The molecule has 6 nitrogen and oxygen atoms in total. The van der Waals surface area contributed by atoms with Crippen LogP contribution in [0, 0.1) is 0 Å². The lowest BCUT2D eigenvalue weighted by molar-refractivity contribution is 0.0596. The second-order valence-electron chi connectivity index (χ2n) is 5.43. The maximum absolute atomic E-state index is 12.7. The first-order valence-electron chi connectivity index (χ1n) is 6.95. The number of sulfonamides is 1. The van der Waals surface area contributed by atoms with Crippen LogP contribution in [0.3, 0.4) is 0 Å². The van der Waals surface area contributed by atoms with Crippen molar-refractivity contribution in [1.82, 2.24) is 4.72 Å². The summed E-state index contributed by atoms with van der Waals surface area (Å²) in [4.78, 5) is 11.7. The van der Waals surface area contributed by atoms with Crippen molar-refractivity contribution in [2.45, 2.75) is 36.1 Å². The van der Waals surface area contributed by atoms with E-state index in [1.165, 1.54) is 25.3 Å². The number of hydrogen-bond donors (Lipinski definition) is 2. The van der Waals surface area contributed by atoms with Gasteiger partial charge in [-0.1, -0.05) is 24.4 Å². The van der Waals surface area contributed by atoms with Crippen molar-refractivity contribution in [2.75, 3.05) is 13.7 Å². The number of rotatable bonds is 5. The van der Waals surface area contributed by atoms with E-state index in [0.717, 1.165) is 12.8 Å². The van der Waals surface area contributed by atoms with Crippen molar-refractivity contribution in [3.8, 4) is 0 Å². The fourth-order valence-electron chi connectivity index (χ4n) is 2.75. The van der Waals surface area contributed by atoms with Crippen molar-refractivity contribution in [3.63, 3.8) is 0 Å². The Balaban J connectivity index is 2.43. The first-order valence-corrected chi connectivity index (χ1v) is 8.82. The minimum atomic E-state index is -3.91. The van der Waals surface area contributed by atoms with Gasteiger partial charge in [0, 0.05) is 17.1 Å². The number of hydrogen-bond acceptors (Lipinski definition) is 5. The predicted molar refractivity (Wildman–Crippen MR) is 83.4 cm³/mol. The first-order chi connectivity index (χ1) is 10.3. The summed E-state index contributed by atoms with van der Waals surface area (Å²) in [5.74, 6) is -0.754. The van der Waals surface area contributed by atoms with E-state index < -0.39 is 21.5 Å². The molecule has 0 bridgehead atoms. The molecule has 1 aromatic rings. The summed E-state index contributed by atoms with van der Waals surface area (Å²) in [5, 5.41) is 0.258. The molecule has 1 fully saturated rings. The van der Waals surface area contributed by atoms with Gasteiger partial charge in [-0.3, -0.25) is 0 Å². The number of methoxy groups -OCH3 is 1. The molecule has 122 valence electrons. The molecular weight excluding hydrogens is 328 g/mol. The van der Waals surface area contributed by atoms with Crippen LogP contribution >= 0.6 is 11.6 Å². The first kappa shape index (κ1) is 17.2. The van der Waals surface area contributed by atoms with E-state index in [1.54, 1.807) is 0 Å². The minimum absolute atomic E-state index is 0.0901. The van der Waals surface area contributed by atoms with Gasteiger partial charge in [0.25, 0.3) is 0 Å². The van der Waals surface area contributed by atoms with Gasteiger partial charge in [-0.25, -0.2) is 17.9 Å². The topological polar surface area (TPSA) is 98.5 Å². The number of ether oxygens (including phenoxy) is 1. The van der Waals surface area contributed by atoms with Crippen LogP contribution in [0.25, 0.3) is 0 Å². The van der Waals surface area contributed by atoms with E-state index >= 15 is 0 Å². The summed E-state index contributed by atoms with van der Waals surface area (Å²) in [6.45, 7) is 0.216. The Hall–Kier alpha value is -1.15. The second-order valence-corrected chi connectivity index (χ2v) is 7.52. The molecule has 3 N–H and O–H groups in total. The zero-order valence-corrected chi connectivity index (χ0v) is 13.8.